The van der Waals surface area contributed by atoms with E-state index in [1.54, 1.807) is 42.6 Å². The van der Waals surface area contributed by atoms with Crippen LogP contribution in [-0.2, 0) is 17.9 Å². The summed E-state index contributed by atoms with van der Waals surface area (Å²) in [6, 6.07) is 29.8. The van der Waals surface area contributed by atoms with Crippen molar-refractivity contribution in [3.63, 3.8) is 0 Å². The first-order valence-corrected chi connectivity index (χ1v) is 14.7. The van der Waals surface area contributed by atoms with Gasteiger partial charge in [-0.05, 0) is 92.7 Å². The van der Waals surface area contributed by atoms with E-state index in [0.717, 1.165) is 33.5 Å². The average molecular weight is 620 g/mol. The van der Waals surface area contributed by atoms with Gasteiger partial charge in [-0.15, -0.1) is 0 Å². The number of halogens is 1. The molecule has 6 rings (SSSR count). The van der Waals surface area contributed by atoms with Gasteiger partial charge < -0.3 is 23.6 Å². The summed E-state index contributed by atoms with van der Waals surface area (Å²) in [6.07, 6.45) is 3.36. The van der Waals surface area contributed by atoms with Gasteiger partial charge in [-0.25, -0.2) is 5.43 Å². The number of nitrogens with one attached hydrogen (secondary N) is 2. The molecule has 3 aromatic carbocycles. The molecule has 226 valence electrons. The molecule has 6 aromatic rings. The SMILES string of the molecule is Cc1ccc(C)n1-c1ccc(OCc2ccc(C(=O)N/N=C/c3cn(CC(=O)Nc4ccc(Cl)cc4)c4ccccc34)o2)cc1. The number of furan rings is 1. The van der Waals surface area contributed by atoms with Crippen molar-refractivity contribution in [2.45, 2.75) is 27.0 Å². The number of nitrogens with zero attached hydrogens (tertiary/aromatic N) is 3. The number of amides is 2. The van der Waals surface area contributed by atoms with Crippen LogP contribution in [0.3, 0.4) is 0 Å². The number of para-hydroxylation sites is 1. The van der Waals surface area contributed by atoms with Gasteiger partial charge in [0.05, 0.1) is 6.21 Å². The molecule has 10 heteroatoms. The summed E-state index contributed by atoms with van der Waals surface area (Å²) < 4.78 is 15.6. The van der Waals surface area contributed by atoms with E-state index in [1.165, 1.54) is 0 Å². The first-order valence-electron chi connectivity index (χ1n) is 14.3. The predicted molar refractivity (Wildman–Crippen MR) is 175 cm³/mol. The number of ether oxygens (including phenoxy) is 1. The molecule has 3 aromatic heterocycles. The Kier molecular flexibility index (Phi) is 8.52. The standard InChI is InChI=1S/C35H30ClN5O4/c1-23-7-8-24(2)41(23)28-13-15-29(16-14-28)44-22-30-17-18-33(45-30)35(43)39-37-19-25-20-40(32-6-4-3-5-31(25)32)21-34(42)38-27-11-9-26(36)10-12-27/h3-20H,21-22H2,1-2H3,(H,38,42)(H,39,43)/b37-19+. The third kappa shape index (κ3) is 6.84. The van der Waals surface area contributed by atoms with Crippen molar-refractivity contribution >= 4 is 46.2 Å². The zero-order valence-corrected chi connectivity index (χ0v) is 25.4. The molecule has 2 amide bonds. The van der Waals surface area contributed by atoms with Gasteiger partial charge in [0, 0.05) is 50.4 Å². The fraction of sp³-hybridized carbons (Fsp3) is 0.114. The molecule has 3 heterocycles. The fourth-order valence-electron chi connectivity index (χ4n) is 5.11. The number of aryl methyl sites for hydroxylation is 2. The van der Waals surface area contributed by atoms with Crippen molar-refractivity contribution in [1.29, 1.82) is 0 Å². The van der Waals surface area contributed by atoms with Crippen LogP contribution in [-0.4, -0.2) is 27.2 Å². The highest BCUT2D eigenvalue weighted by molar-refractivity contribution is 6.30. The molecule has 0 saturated carbocycles. The van der Waals surface area contributed by atoms with Crippen LogP contribution in [0, 0.1) is 13.8 Å². The first-order chi connectivity index (χ1) is 21.8. The van der Waals surface area contributed by atoms with Crippen LogP contribution in [0.1, 0.15) is 33.3 Å². The molecular weight excluding hydrogens is 590 g/mol. The topological polar surface area (TPSA) is 103 Å². The van der Waals surface area contributed by atoms with Crippen LogP contribution in [0.25, 0.3) is 16.6 Å². The van der Waals surface area contributed by atoms with Crippen molar-refractivity contribution in [2.75, 3.05) is 5.32 Å². The quantitative estimate of drug-likeness (QED) is 0.124. The van der Waals surface area contributed by atoms with Gasteiger partial charge in [-0.2, -0.15) is 5.10 Å². The zero-order valence-electron chi connectivity index (χ0n) is 24.7. The Bertz CT molecular complexity index is 1980. The Morgan fingerprint density at radius 2 is 1.64 bits per heavy atom. The van der Waals surface area contributed by atoms with Crippen LogP contribution in [0.5, 0.6) is 5.75 Å². The van der Waals surface area contributed by atoms with Crippen LogP contribution in [0.4, 0.5) is 5.69 Å². The number of aromatic nitrogens is 2. The number of carbonyl (C=O) groups is 2. The lowest BCUT2D eigenvalue weighted by molar-refractivity contribution is -0.116. The van der Waals surface area contributed by atoms with Gasteiger partial charge in [-0.3, -0.25) is 9.59 Å². The fourth-order valence-corrected chi connectivity index (χ4v) is 5.24. The number of fused-ring (bicyclic) bond motifs is 1. The van der Waals surface area contributed by atoms with Gasteiger partial charge in [-0.1, -0.05) is 29.8 Å². The Morgan fingerprint density at radius 1 is 0.911 bits per heavy atom. The number of rotatable bonds is 10. The van der Waals surface area contributed by atoms with Crippen LogP contribution in [0.2, 0.25) is 5.02 Å². The summed E-state index contributed by atoms with van der Waals surface area (Å²) in [6.45, 7) is 4.40. The minimum atomic E-state index is -0.495. The van der Waals surface area contributed by atoms with Crippen LogP contribution >= 0.6 is 11.6 Å². The Balaban J connectivity index is 1.05. The second-order valence-electron chi connectivity index (χ2n) is 10.5. The minimum Gasteiger partial charge on any atom is -0.486 e. The van der Waals surface area contributed by atoms with Gasteiger partial charge >= 0.3 is 5.91 Å². The lowest BCUT2D eigenvalue weighted by Gasteiger charge is -2.10. The monoisotopic (exact) mass is 619 g/mol. The largest absolute Gasteiger partial charge is 0.486 e. The molecule has 0 spiro atoms. The summed E-state index contributed by atoms with van der Waals surface area (Å²) in [5.74, 6) is 0.623. The number of benzene rings is 3. The van der Waals surface area contributed by atoms with Crippen molar-refractivity contribution < 1.29 is 18.7 Å². The number of hydrazone groups is 1. The van der Waals surface area contributed by atoms with E-state index in [1.807, 2.05) is 59.3 Å². The molecular formula is C35H30ClN5O4. The molecule has 0 unspecified atom stereocenters. The van der Waals surface area contributed by atoms with Gasteiger partial charge in [0.1, 0.15) is 24.7 Å². The van der Waals surface area contributed by atoms with Crippen molar-refractivity contribution in [3.8, 4) is 11.4 Å². The number of hydrogen-bond donors (Lipinski definition) is 2. The van der Waals surface area contributed by atoms with Crippen molar-refractivity contribution in [3.05, 3.63) is 137 Å². The van der Waals surface area contributed by atoms with Gasteiger partial charge in [0.25, 0.3) is 0 Å². The molecule has 45 heavy (non-hydrogen) atoms. The molecule has 0 atom stereocenters. The first kappa shape index (κ1) is 29.5. The summed E-state index contributed by atoms with van der Waals surface area (Å²) in [5, 5.41) is 8.49. The lowest BCUT2D eigenvalue weighted by atomic mass is 10.2. The molecule has 0 aliphatic heterocycles. The molecule has 0 aliphatic carbocycles. The highest BCUT2D eigenvalue weighted by atomic mass is 35.5. The number of carbonyl (C=O) groups excluding carboxylic acids is 2. The molecule has 0 fully saturated rings. The molecule has 2 N–H and O–H groups in total. The number of hydrogen-bond acceptors (Lipinski definition) is 5. The summed E-state index contributed by atoms with van der Waals surface area (Å²) >= 11 is 5.93. The molecule has 0 aliphatic rings. The van der Waals surface area contributed by atoms with E-state index >= 15 is 0 Å². The summed E-state index contributed by atoms with van der Waals surface area (Å²) in [7, 11) is 0. The smallest absolute Gasteiger partial charge is 0.307 e. The minimum absolute atomic E-state index is 0.0944. The van der Waals surface area contributed by atoms with E-state index in [0.29, 0.717) is 22.2 Å². The van der Waals surface area contributed by atoms with E-state index < -0.39 is 5.91 Å². The Morgan fingerprint density at radius 3 is 2.40 bits per heavy atom. The number of anilines is 1. The van der Waals surface area contributed by atoms with E-state index in [4.69, 9.17) is 20.8 Å². The second-order valence-corrected chi connectivity index (χ2v) is 10.9. The lowest BCUT2D eigenvalue weighted by Crippen LogP contribution is -2.18. The van der Waals surface area contributed by atoms with Crippen LogP contribution in [0.15, 0.2) is 113 Å². The van der Waals surface area contributed by atoms with Crippen LogP contribution < -0.4 is 15.5 Å². The molecule has 0 radical (unpaired) electrons. The molecule has 9 nitrogen and oxygen atoms in total. The van der Waals surface area contributed by atoms with Crippen molar-refractivity contribution in [1.82, 2.24) is 14.6 Å². The maximum Gasteiger partial charge on any atom is 0.307 e. The van der Waals surface area contributed by atoms with E-state index in [9.17, 15) is 9.59 Å². The zero-order chi connectivity index (χ0) is 31.3. The van der Waals surface area contributed by atoms with Crippen molar-refractivity contribution in [2.24, 2.45) is 5.10 Å². The van der Waals surface area contributed by atoms with E-state index in [-0.39, 0.29) is 24.8 Å². The molecule has 0 bridgehead atoms. The summed E-state index contributed by atoms with van der Waals surface area (Å²) in [5.41, 5.74) is 8.15. The third-order valence-corrected chi connectivity index (χ3v) is 7.52. The average Bonchev–Trinajstić information content (AvgIpc) is 3.75. The highest BCUT2D eigenvalue weighted by Crippen LogP contribution is 2.22. The maximum absolute atomic E-state index is 12.7. The highest BCUT2D eigenvalue weighted by Gasteiger charge is 2.13. The van der Waals surface area contributed by atoms with E-state index in [2.05, 4.69) is 46.4 Å². The predicted octanol–water partition coefficient (Wildman–Crippen LogP) is 7.28. The Labute approximate surface area is 264 Å². The molecule has 0 saturated heterocycles. The maximum atomic E-state index is 12.7. The van der Waals surface area contributed by atoms with Gasteiger partial charge in [0.15, 0.2) is 5.76 Å². The second kappa shape index (κ2) is 13.0. The third-order valence-electron chi connectivity index (χ3n) is 7.26. The summed E-state index contributed by atoms with van der Waals surface area (Å²) in [4.78, 5) is 25.4. The normalized spacial score (nSPS) is 11.3. The Hall–Kier alpha value is -5.54. The van der Waals surface area contributed by atoms with Gasteiger partial charge in [0.2, 0.25) is 5.91 Å².